The topological polar surface area (TPSA) is 88.5 Å². The van der Waals surface area contributed by atoms with Gasteiger partial charge in [-0.15, -0.1) is 0 Å². The van der Waals surface area contributed by atoms with Gasteiger partial charge >= 0.3 is 0 Å². The van der Waals surface area contributed by atoms with Gasteiger partial charge in [-0.05, 0) is 87.0 Å². The Morgan fingerprint density at radius 3 is 1.56 bits per heavy atom. The van der Waals surface area contributed by atoms with Crippen molar-refractivity contribution in [3.05, 3.63) is 206 Å². The van der Waals surface area contributed by atoms with Gasteiger partial charge in [0.05, 0.1) is 11.6 Å². The highest BCUT2D eigenvalue weighted by molar-refractivity contribution is 5.97. The largest absolute Gasteiger partial charge is 0.436 e. The summed E-state index contributed by atoms with van der Waals surface area (Å²) in [6.45, 7) is 0. The van der Waals surface area contributed by atoms with E-state index in [4.69, 9.17) is 24.4 Å². The molecule has 0 aliphatic heterocycles. The van der Waals surface area contributed by atoms with Crippen molar-refractivity contribution in [1.29, 1.82) is 5.26 Å². The maximum Gasteiger partial charge on any atom is 0.227 e. The fraction of sp³-hybridized carbons (Fsp3) is 0. The summed E-state index contributed by atoms with van der Waals surface area (Å²) in [5.74, 6) is 2.35. The zero-order chi connectivity index (χ0) is 39.5. The Morgan fingerprint density at radius 2 is 0.864 bits per heavy atom. The Morgan fingerprint density at radius 1 is 0.339 bits per heavy atom. The van der Waals surface area contributed by atoms with Crippen LogP contribution in [0.2, 0.25) is 0 Å². The van der Waals surface area contributed by atoms with Crippen LogP contribution in [0.4, 0.5) is 0 Å². The molecule has 0 atom stereocenters. The molecule has 0 radical (unpaired) electrons. The molecule has 0 aliphatic rings. The fourth-order valence-electron chi connectivity index (χ4n) is 7.58. The first kappa shape index (κ1) is 35.2. The summed E-state index contributed by atoms with van der Waals surface area (Å²) in [7, 11) is 0. The summed E-state index contributed by atoms with van der Waals surface area (Å²) in [6.07, 6.45) is 0. The number of aromatic nitrogens is 4. The number of benzene rings is 8. The van der Waals surface area contributed by atoms with Gasteiger partial charge in [-0.25, -0.2) is 19.9 Å². The molecule has 0 saturated heterocycles. The van der Waals surface area contributed by atoms with Crippen LogP contribution in [0.3, 0.4) is 0 Å². The first-order valence-electron chi connectivity index (χ1n) is 19.4. The van der Waals surface area contributed by atoms with Crippen LogP contribution in [0.1, 0.15) is 5.56 Å². The van der Waals surface area contributed by atoms with E-state index in [-0.39, 0.29) is 0 Å². The van der Waals surface area contributed by atoms with Crippen molar-refractivity contribution < 1.29 is 4.42 Å². The minimum Gasteiger partial charge on any atom is -0.436 e. The van der Waals surface area contributed by atoms with Gasteiger partial charge in [-0.3, -0.25) is 0 Å². The number of hydrogen-bond acceptors (Lipinski definition) is 6. The van der Waals surface area contributed by atoms with Crippen molar-refractivity contribution in [3.63, 3.8) is 0 Å². The Hall–Kier alpha value is -8.27. The highest BCUT2D eigenvalue weighted by atomic mass is 16.3. The monoisotopic (exact) mass is 755 g/mol. The molecule has 6 heteroatoms. The molecule has 8 aromatic carbocycles. The predicted octanol–water partition coefficient (Wildman–Crippen LogP) is 13.2. The molecule has 10 rings (SSSR count). The first-order valence-corrected chi connectivity index (χ1v) is 19.4. The van der Waals surface area contributed by atoms with Crippen molar-refractivity contribution in [2.24, 2.45) is 0 Å². The summed E-state index contributed by atoms with van der Waals surface area (Å²) in [5.41, 5.74) is 13.8. The third-order valence-electron chi connectivity index (χ3n) is 10.4. The minimum absolute atomic E-state index is 0.566. The Balaban J connectivity index is 1.17. The van der Waals surface area contributed by atoms with Gasteiger partial charge in [0.2, 0.25) is 5.89 Å². The van der Waals surface area contributed by atoms with Gasteiger partial charge in [0, 0.05) is 22.3 Å². The minimum atomic E-state index is 0.566. The second kappa shape index (κ2) is 15.3. The number of nitrogens with zero attached hydrogens (tertiary/aromatic N) is 5. The van der Waals surface area contributed by atoms with E-state index in [1.165, 1.54) is 0 Å². The molecule has 0 aliphatic carbocycles. The third-order valence-corrected chi connectivity index (χ3v) is 10.4. The lowest BCUT2D eigenvalue weighted by atomic mass is 9.86. The average Bonchev–Trinajstić information content (AvgIpc) is 3.77. The van der Waals surface area contributed by atoms with Crippen LogP contribution in [-0.2, 0) is 0 Å². The van der Waals surface area contributed by atoms with Crippen molar-refractivity contribution in [2.75, 3.05) is 0 Å². The Bertz CT molecular complexity index is 3090. The van der Waals surface area contributed by atoms with Gasteiger partial charge in [-0.1, -0.05) is 158 Å². The normalized spacial score (nSPS) is 11.0. The summed E-state index contributed by atoms with van der Waals surface area (Å²) in [6, 6.07) is 69.5. The predicted molar refractivity (Wildman–Crippen MR) is 236 cm³/mol. The van der Waals surface area contributed by atoms with Gasteiger partial charge < -0.3 is 4.42 Å². The summed E-state index contributed by atoms with van der Waals surface area (Å²) < 4.78 is 6.21. The quantitative estimate of drug-likeness (QED) is 0.153. The molecule has 276 valence electrons. The molecule has 6 nitrogen and oxygen atoms in total. The first-order chi connectivity index (χ1) is 29.2. The SMILES string of the molecule is N#Cc1cccc(-c2ccc(-c3cccc(-c4nc5ccccc5o4)c3)c(-c3ccccc3-c3ccccc3-c3nc(-c4ccccc4)nc(-c4ccccc4)n3)c2)c1. The lowest BCUT2D eigenvalue weighted by molar-refractivity contribution is 0.620. The molecule has 0 spiro atoms. The Kier molecular flexibility index (Phi) is 9.14. The second-order valence-electron chi connectivity index (χ2n) is 14.1. The second-order valence-corrected chi connectivity index (χ2v) is 14.1. The van der Waals surface area contributed by atoms with Crippen LogP contribution in [0, 0.1) is 11.3 Å². The maximum absolute atomic E-state index is 9.77. The molecule has 2 heterocycles. The van der Waals surface area contributed by atoms with E-state index in [1.54, 1.807) is 0 Å². The molecule has 0 fully saturated rings. The molecule has 0 bridgehead atoms. The zero-order valence-corrected chi connectivity index (χ0v) is 31.7. The van der Waals surface area contributed by atoms with E-state index in [0.29, 0.717) is 28.9 Å². The summed E-state index contributed by atoms with van der Waals surface area (Å²) in [5, 5.41) is 9.77. The van der Waals surface area contributed by atoms with Crippen molar-refractivity contribution >= 4 is 11.1 Å². The van der Waals surface area contributed by atoms with Crippen LogP contribution in [-0.4, -0.2) is 19.9 Å². The summed E-state index contributed by atoms with van der Waals surface area (Å²) >= 11 is 0. The standard InChI is InChI=1S/C53H33N5O/c54-34-35-15-13-20-38(31-35)39-29-30-42(40-21-14-22-41(32-40)53-55-48-27-11-12-28-49(48)59-53)47(33-39)45-25-8-7-23-43(45)44-24-9-10-26-46(44)52-57-50(36-16-3-1-4-17-36)56-51(58-52)37-18-5-2-6-19-37/h1-33H. The smallest absolute Gasteiger partial charge is 0.227 e. The van der Waals surface area contributed by atoms with Gasteiger partial charge in [0.15, 0.2) is 23.1 Å². The van der Waals surface area contributed by atoms with E-state index >= 15 is 0 Å². The number of fused-ring (bicyclic) bond motifs is 1. The van der Waals surface area contributed by atoms with Gasteiger partial charge in [0.25, 0.3) is 0 Å². The zero-order valence-electron chi connectivity index (χ0n) is 31.7. The van der Waals surface area contributed by atoms with E-state index < -0.39 is 0 Å². The van der Waals surface area contributed by atoms with Gasteiger partial charge in [0.1, 0.15) is 5.52 Å². The number of oxazole rings is 1. The average molecular weight is 756 g/mol. The number of hydrogen-bond donors (Lipinski definition) is 0. The number of rotatable bonds is 8. The van der Waals surface area contributed by atoms with E-state index in [0.717, 1.165) is 77.9 Å². The molecule has 0 saturated carbocycles. The van der Waals surface area contributed by atoms with Crippen LogP contribution in [0.15, 0.2) is 205 Å². The van der Waals surface area contributed by atoms with Crippen LogP contribution in [0.5, 0.6) is 0 Å². The van der Waals surface area contributed by atoms with Crippen molar-refractivity contribution in [3.8, 4) is 96.2 Å². The molecular weight excluding hydrogens is 723 g/mol. The highest BCUT2D eigenvalue weighted by Crippen LogP contribution is 2.43. The molecule has 10 aromatic rings. The lowest BCUT2D eigenvalue weighted by Gasteiger charge is -2.18. The van der Waals surface area contributed by atoms with E-state index in [9.17, 15) is 5.26 Å². The van der Waals surface area contributed by atoms with Crippen LogP contribution >= 0.6 is 0 Å². The number of para-hydroxylation sites is 2. The molecule has 59 heavy (non-hydrogen) atoms. The maximum atomic E-state index is 9.77. The van der Waals surface area contributed by atoms with Crippen molar-refractivity contribution in [2.45, 2.75) is 0 Å². The fourth-order valence-corrected chi connectivity index (χ4v) is 7.58. The van der Waals surface area contributed by atoms with E-state index in [2.05, 4.69) is 78.9 Å². The highest BCUT2D eigenvalue weighted by Gasteiger charge is 2.20. The number of nitriles is 1. The molecule has 2 aromatic heterocycles. The van der Waals surface area contributed by atoms with Gasteiger partial charge in [-0.2, -0.15) is 5.26 Å². The van der Waals surface area contributed by atoms with Crippen LogP contribution in [0.25, 0.3) is 101 Å². The van der Waals surface area contributed by atoms with E-state index in [1.807, 2.05) is 127 Å². The molecule has 0 N–H and O–H groups in total. The van der Waals surface area contributed by atoms with Crippen molar-refractivity contribution in [1.82, 2.24) is 19.9 Å². The summed E-state index contributed by atoms with van der Waals surface area (Å²) in [4.78, 5) is 20.0. The van der Waals surface area contributed by atoms with Crippen LogP contribution < -0.4 is 0 Å². The molecular formula is C53H33N5O. The molecule has 0 unspecified atom stereocenters. The molecule has 0 amide bonds. The Labute approximate surface area is 341 Å². The lowest BCUT2D eigenvalue weighted by Crippen LogP contribution is -2.01. The third kappa shape index (κ3) is 6.94.